The fourth-order valence-corrected chi connectivity index (χ4v) is 4.56. The topological polar surface area (TPSA) is 26.3 Å². The molecule has 0 saturated carbocycles. The van der Waals surface area contributed by atoms with Gasteiger partial charge in [-0.05, 0) is 80.6 Å². The van der Waals surface area contributed by atoms with E-state index in [1.54, 1.807) is 7.11 Å². The van der Waals surface area contributed by atoms with Crippen LogP contribution in [0.2, 0.25) is 0 Å². The molecule has 0 spiro atoms. The van der Waals surface area contributed by atoms with E-state index in [9.17, 15) is 4.79 Å². The molecule has 0 saturated heterocycles. The molecule has 0 radical (unpaired) electrons. The highest BCUT2D eigenvalue weighted by Crippen LogP contribution is 2.27. The fraction of sp³-hybridized carbons (Fsp3) is 0.444. The predicted octanol–water partition coefficient (Wildman–Crippen LogP) is 7.49. The molecule has 0 unspecified atom stereocenters. The summed E-state index contributed by atoms with van der Waals surface area (Å²) in [4.78, 5) is 12.0. The second kappa shape index (κ2) is 15.9. The molecule has 166 valence electrons. The van der Waals surface area contributed by atoms with Crippen molar-refractivity contribution in [2.24, 2.45) is 0 Å². The third kappa shape index (κ3) is 8.84. The summed E-state index contributed by atoms with van der Waals surface area (Å²) in [7, 11) is 1.76. The van der Waals surface area contributed by atoms with Crippen LogP contribution in [0.15, 0.2) is 49.6 Å². The normalized spacial score (nSPS) is 12.5. The number of rotatable bonds is 2. The van der Waals surface area contributed by atoms with Crippen LogP contribution in [-0.4, -0.2) is 26.2 Å². The number of aryl methyl sites for hydroxylation is 3. The van der Waals surface area contributed by atoms with Crippen molar-refractivity contribution in [3.05, 3.63) is 71.8 Å². The summed E-state index contributed by atoms with van der Waals surface area (Å²) in [5.74, 6) is 1.19. The van der Waals surface area contributed by atoms with Gasteiger partial charge >= 0.3 is 0 Å². The lowest BCUT2D eigenvalue weighted by Gasteiger charge is -2.15. The van der Waals surface area contributed by atoms with E-state index in [1.807, 2.05) is 32.9 Å². The van der Waals surface area contributed by atoms with Crippen molar-refractivity contribution in [1.82, 2.24) is 0 Å². The Hall–Kier alpha value is -1.92. The number of hydrogen-bond acceptors (Lipinski definition) is 2. The molecule has 1 aliphatic carbocycles. The molecule has 0 aromatic heterocycles. The minimum Gasteiger partial charge on any atom is -0.496 e. The lowest BCUT2D eigenvalue weighted by atomic mass is 9.91. The number of ether oxygens (including phenoxy) is 1. The van der Waals surface area contributed by atoms with E-state index in [2.05, 4.69) is 57.7 Å². The Kier molecular flexibility index (Phi) is 14.8. The SMILES string of the molecule is C=C.CC.COc1cc2c(cc1C)C(=O)CCCCC2.Cc1ccccc1P(C)C. The molecule has 0 fully saturated rings. The second-order valence-electron chi connectivity index (χ2n) is 7.14. The van der Waals surface area contributed by atoms with Gasteiger partial charge in [0.25, 0.3) is 0 Å². The van der Waals surface area contributed by atoms with Crippen molar-refractivity contribution in [2.75, 3.05) is 20.4 Å². The van der Waals surface area contributed by atoms with Gasteiger partial charge in [0.15, 0.2) is 5.78 Å². The van der Waals surface area contributed by atoms with E-state index < -0.39 is 0 Å². The zero-order valence-electron chi connectivity index (χ0n) is 20.2. The first-order chi connectivity index (χ1) is 14.4. The number of ketones is 1. The molecule has 0 N–H and O–H groups in total. The molecule has 1 aliphatic rings. The van der Waals surface area contributed by atoms with Gasteiger partial charge in [-0.1, -0.05) is 52.5 Å². The highest BCUT2D eigenvalue weighted by molar-refractivity contribution is 7.64. The number of carbonyl (C=O) groups is 1. The fourth-order valence-electron chi connectivity index (χ4n) is 3.39. The molecular formula is C27H41O2P. The van der Waals surface area contributed by atoms with Crippen molar-refractivity contribution in [1.29, 1.82) is 0 Å². The molecule has 3 heteroatoms. The maximum absolute atomic E-state index is 12.0. The van der Waals surface area contributed by atoms with Crippen LogP contribution in [0.5, 0.6) is 5.75 Å². The number of Topliss-reactive ketones (excluding diaryl/α,β-unsaturated/α-hetero) is 1. The number of methoxy groups -OCH3 is 1. The first-order valence-electron chi connectivity index (χ1n) is 10.9. The van der Waals surface area contributed by atoms with Crippen LogP contribution in [-0.2, 0) is 6.42 Å². The first-order valence-corrected chi connectivity index (χ1v) is 13.1. The van der Waals surface area contributed by atoms with E-state index in [1.165, 1.54) is 17.3 Å². The molecule has 0 aliphatic heterocycles. The average Bonchev–Trinajstić information content (AvgIpc) is 2.76. The third-order valence-electron chi connectivity index (χ3n) is 4.87. The minimum absolute atomic E-state index is 0.0836. The van der Waals surface area contributed by atoms with E-state index in [4.69, 9.17) is 4.74 Å². The smallest absolute Gasteiger partial charge is 0.163 e. The third-order valence-corrected chi connectivity index (χ3v) is 6.33. The van der Waals surface area contributed by atoms with Gasteiger partial charge in [0.05, 0.1) is 7.11 Å². The Bertz CT molecular complexity index is 765. The Morgan fingerprint density at radius 2 is 1.50 bits per heavy atom. The molecular weight excluding hydrogens is 387 g/mol. The largest absolute Gasteiger partial charge is 0.496 e. The van der Waals surface area contributed by atoms with Gasteiger partial charge in [0.1, 0.15) is 5.75 Å². The average molecular weight is 429 g/mol. The lowest BCUT2D eigenvalue weighted by Crippen LogP contribution is -2.08. The van der Waals surface area contributed by atoms with Gasteiger partial charge < -0.3 is 4.74 Å². The molecule has 0 bridgehead atoms. The molecule has 3 rings (SSSR count). The highest BCUT2D eigenvalue weighted by Gasteiger charge is 2.16. The van der Waals surface area contributed by atoms with Crippen molar-refractivity contribution in [2.45, 2.75) is 59.8 Å². The Morgan fingerprint density at radius 3 is 2.03 bits per heavy atom. The lowest BCUT2D eigenvalue weighted by molar-refractivity contribution is 0.0976. The number of carbonyl (C=O) groups excluding carboxylic acids is 1. The molecule has 2 aromatic carbocycles. The highest BCUT2D eigenvalue weighted by atomic mass is 31.1. The van der Waals surface area contributed by atoms with Gasteiger partial charge in [-0.15, -0.1) is 13.2 Å². The molecule has 30 heavy (non-hydrogen) atoms. The molecule has 2 nitrogen and oxygen atoms in total. The quantitative estimate of drug-likeness (QED) is 0.366. The summed E-state index contributed by atoms with van der Waals surface area (Å²) in [6.45, 7) is 18.7. The predicted molar refractivity (Wildman–Crippen MR) is 136 cm³/mol. The van der Waals surface area contributed by atoms with Crippen LogP contribution in [0.1, 0.15) is 66.6 Å². The zero-order chi connectivity index (χ0) is 23.1. The van der Waals surface area contributed by atoms with Crippen molar-refractivity contribution >= 4 is 19.0 Å². The van der Waals surface area contributed by atoms with Gasteiger partial charge in [0, 0.05) is 12.0 Å². The maximum Gasteiger partial charge on any atom is 0.163 e. The van der Waals surface area contributed by atoms with Crippen LogP contribution >= 0.6 is 7.92 Å². The van der Waals surface area contributed by atoms with Gasteiger partial charge in [-0.2, -0.15) is 0 Å². The van der Waals surface area contributed by atoms with Gasteiger partial charge in [-0.3, -0.25) is 4.79 Å². The van der Waals surface area contributed by atoms with E-state index in [0.29, 0.717) is 12.2 Å². The Balaban J connectivity index is 0.000000518. The Labute approximate surface area is 186 Å². The number of fused-ring (bicyclic) bond motifs is 1. The zero-order valence-corrected chi connectivity index (χ0v) is 21.1. The van der Waals surface area contributed by atoms with Crippen LogP contribution in [0, 0.1) is 13.8 Å². The van der Waals surface area contributed by atoms with Crippen molar-refractivity contribution < 1.29 is 9.53 Å². The molecule has 0 amide bonds. The van der Waals surface area contributed by atoms with E-state index >= 15 is 0 Å². The molecule has 0 heterocycles. The maximum atomic E-state index is 12.0. The summed E-state index contributed by atoms with van der Waals surface area (Å²) in [6.07, 6.45) is 5.05. The summed E-state index contributed by atoms with van der Waals surface area (Å²) in [5, 5.41) is 1.53. The number of benzene rings is 2. The van der Waals surface area contributed by atoms with Crippen LogP contribution in [0.4, 0.5) is 0 Å². The number of hydrogen-bond donors (Lipinski definition) is 0. The van der Waals surface area contributed by atoms with E-state index in [-0.39, 0.29) is 7.92 Å². The summed E-state index contributed by atoms with van der Waals surface area (Å²) >= 11 is 0. The monoisotopic (exact) mass is 428 g/mol. The second-order valence-corrected chi connectivity index (χ2v) is 9.41. The van der Waals surface area contributed by atoms with E-state index in [0.717, 1.165) is 41.7 Å². The van der Waals surface area contributed by atoms with Gasteiger partial charge in [0.2, 0.25) is 0 Å². The van der Waals surface area contributed by atoms with Crippen LogP contribution in [0.3, 0.4) is 0 Å². The minimum atomic E-state index is 0.0836. The summed E-state index contributed by atoms with van der Waals surface area (Å²) in [6, 6.07) is 12.6. The van der Waals surface area contributed by atoms with Gasteiger partial charge in [-0.25, -0.2) is 0 Å². The molecule has 2 aromatic rings. The van der Waals surface area contributed by atoms with Crippen LogP contribution in [0.25, 0.3) is 0 Å². The van der Waals surface area contributed by atoms with Crippen molar-refractivity contribution in [3.8, 4) is 5.75 Å². The molecule has 0 atom stereocenters. The summed E-state index contributed by atoms with van der Waals surface area (Å²) < 4.78 is 5.31. The Morgan fingerprint density at radius 1 is 0.900 bits per heavy atom. The van der Waals surface area contributed by atoms with Crippen LogP contribution < -0.4 is 10.0 Å². The first kappa shape index (κ1) is 28.1. The summed E-state index contributed by atoms with van der Waals surface area (Å²) in [5.41, 5.74) is 4.55. The van der Waals surface area contributed by atoms with Crippen molar-refractivity contribution in [3.63, 3.8) is 0 Å². The standard InChI is InChI=1S/C14H18O2.C9H13P.C2H6.C2H4/c1-10-8-12-11(9-14(10)16-2)6-4-3-5-7-13(12)15;1-8-6-4-5-7-9(8)10(2)3;2*1-2/h8-9H,3-7H2,1-2H3;4-7H,1-3H3;1-2H3;1-2H2.